The average Bonchev–Trinajstić information content (AvgIpc) is 3.82. The van der Waals surface area contributed by atoms with Crippen LogP contribution >= 0.6 is 11.8 Å². The van der Waals surface area contributed by atoms with Crippen LogP contribution in [0.3, 0.4) is 0 Å². The molecule has 0 aromatic heterocycles. The summed E-state index contributed by atoms with van der Waals surface area (Å²) in [6.45, 7) is 3.17. The van der Waals surface area contributed by atoms with Crippen LogP contribution in [0, 0.1) is 5.92 Å². The topological polar surface area (TPSA) is 351 Å². The monoisotopic (exact) mass is 966 g/mol. The first-order chi connectivity index (χ1) is 32.3. The van der Waals surface area contributed by atoms with Crippen molar-refractivity contribution in [1.29, 1.82) is 0 Å². The number of hydrogen-bond donors (Lipinski definition) is 11. The Labute approximate surface area is 397 Å². The third kappa shape index (κ3) is 15.8. The third-order valence-corrected chi connectivity index (χ3v) is 12.6. The molecule has 2 aromatic carbocycles. The molecular weight excluding hydrogens is 905 g/mol. The summed E-state index contributed by atoms with van der Waals surface area (Å²) in [7, 11) is 0. The predicted molar refractivity (Wildman–Crippen MR) is 247 cm³/mol. The Hall–Kier alpha value is -6.43. The molecule has 2 fully saturated rings. The molecule has 68 heavy (non-hydrogen) atoms. The third-order valence-electron chi connectivity index (χ3n) is 11.5. The predicted octanol–water partition coefficient (Wildman–Crippen LogP) is -3.62. The molecule has 23 heteroatoms. The lowest BCUT2D eigenvalue weighted by molar-refractivity contribution is -0.143. The standard InChI is InChI=1S/C45H62N10O12S/c1-4-24(2)36(53-38(60)28(46)22-56)43(65)50-30(20-34(47)58)44(66)55-17-11-16-33(55)41(63)52-32-23-68-45(67)31(19-27-14-9-6-10-15-27)51-39(61)29(18-26-12-7-5-8-13-26)49-35(59)21-48-42(64)37(25(3)57)54-40(32)62/h5-10,12-15,24-25,28-33,36-37,56-57H,4,11,16-23,46H2,1-3H3,(H2,47,58)(H,48,64)(H,49,59)(H,50,65)(H,51,61)(H,52,63)(H,53,60)(H,54,62)/t24-,25+,28-,29-,30-,31-,32-,33-,36-,37-/m0/s1. The van der Waals surface area contributed by atoms with Gasteiger partial charge in [-0.05, 0) is 36.8 Å². The minimum atomic E-state index is -1.68. The molecule has 10 atom stereocenters. The number of thioether (sulfide) groups is 1. The smallest absolute Gasteiger partial charge is 0.246 e. The number of amides is 9. The first kappa shape index (κ1) is 54.2. The number of nitrogens with two attached hydrogens (primary N) is 2. The van der Waals surface area contributed by atoms with Crippen LogP contribution in [0.4, 0.5) is 0 Å². The van der Waals surface area contributed by atoms with Gasteiger partial charge in [0.05, 0.1) is 25.7 Å². The van der Waals surface area contributed by atoms with E-state index >= 15 is 0 Å². The molecule has 0 bridgehead atoms. The SMILES string of the molecule is CC[C@H](C)[C@H](NC(=O)[C@@H](N)CO)C(=O)N[C@@H](CC(N)=O)C(=O)N1CCC[C@H]1C(=O)N[C@H]1CSC(=O)[C@H](Cc2ccccc2)NC(=O)[C@H](Cc2ccccc2)NC(=O)CNC(=O)[C@H]([C@@H](C)O)NC1=O. The van der Waals surface area contributed by atoms with Crippen LogP contribution in [0.5, 0.6) is 0 Å². The molecular formula is C45H62N10O12S. The van der Waals surface area contributed by atoms with Gasteiger partial charge in [0.1, 0.15) is 48.3 Å². The Bertz CT molecular complexity index is 2130. The molecule has 9 amide bonds. The Kier molecular flexibility index (Phi) is 20.9. The van der Waals surface area contributed by atoms with E-state index in [-0.39, 0.29) is 32.2 Å². The van der Waals surface area contributed by atoms with Crippen molar-refractivity contribution in [2.75, 3.05) is 25.4 Å². The van der Waals surface area contributed by atoms with Crippen molar-refractivity contribution in [3.05, 3.63) is 71.8 Å². The van der Waals surface area contributed by atoms with Crippen molar-refractivity contribution >= 4 is 70.0 Å². The van der Waals surface area contributed by atoms with Gasteiger partial charge in [-0.25, -0.2) is 0 Å². The molecule has 4 rings (SSSR count). The van der Waals surface area contributed by atoms with E-state index in [1.54, 1.807) is 74.5 Å². The number of likely N-dealkylation sites (tertiary alicyclic amines) is 1. The number of hydrogen-bond acceptors (Lipinski definition) is 14. The number of primary amides is 1. The van der Waals surface area contributed by atoms with Gasteiger partial charge in [-0.2, -0.15) is 0 Å². The van der Waals surface area contributed by atoms with E-state index in [4.69, 9.17) is 11.5 Å². The van der Waals surface area contributed by atoms with Gasteiger partial charge in [-0.15, -0.1) is 0 Å². The summed E-state index contributed by atoms with van der Waals surface area (Å²) in [6, 6.07) is 6.26. The van der Waals surface area contributed by atoms with Crippen LogP contribution in [-0.2, 0) is 60.8 Å². The number of nitrogens with zero attached hydrogens (tertiary/aromatic N) is 1. The maximum absolute atomic E-state index is 14.2. The summed E-state index contributed by atoms with van der Waals surface area (Å²) in [4.78, 5) is 137. The first-order valence-corrected chi connectivity index (χ1v) is 23.3. The number of rotatable bonds is 17. The molecule has 370 valence electrons. The van der Waals surface area contributed by atoms with Crippen LogP contribution in [0.2, 0.25) is 0 Å². The highest BCUT2D eigenvalue weighted by Gasteiger charge is 2.41. The van der Waals surface area contributed by atoms with Crippen LogP contribution in [0.1, 0.15) is 57.6 Å². The summed E-state index contributed by atoms with van der Waals surface area (Å²) in [5.74, 6) is -8.98. The van der Waals surface area contributed by atoms with Crippen molar-refractivity contribution in [3.63, 3.8) is 0 Å². The molecule has 0 radical (unpaired) electrons. The lowest BCUT2D eigenvalue weighted by Gasteiger charge is -2.31. The molecule has 13 N–H and O–H groups in total. The Morgan fingerprint density at radius 3 is 2.03 bits per heavy atom. The summed E-state index contributed by atoms with van der Waals surface area (Å²) in [5, 5.41) is 36.9. The number of aliphatic hydroxyl groups excluding tert-OH is 2. The lowest BCUT2D eigenvalue weighted by atomic mass is 9.97. The molecule has 2 aromatic rings. The van der Waals surface area contributed by atoms with Crippen molar-refractivity contribution in [3.8, 4) is 0 Å². The molecule has 22 nitrogen and oxygen atoms in total. The van der Waals surface area contributed by atoms with Gasteiger partial charge in [0.15, 0.2) is 0 Å². The Morgan fingerprint density at radius 2 is 1.46 bits per heavy atom. The molecule has 0 spiro atoms. The van der Waals surface area contributed by atoms with E-state index in [9.17, 15) is 58.2 Å². The fourth-order valence-electron chi connectivity index (χ4n) is 7.48. The number of carbonyl (C=O) groups is 10. The highest BCUT2D eigenvalue weighted by Crippen LogP contribution is 2.21. The van der Waals surface area contributed by atoms with Gasteiger partial charge in [0.25, 0.3) is 0 Å². The second kappa shape index (κ2) is 26.2. The Morgan fingerprint density at radius 1 is 0.838 bits per heavy atom. The first-order valence-electron chi connectivity index (χ1n) is 22.3. The van der Waals surface area contributed by atoms with Crippen LogP contribution < -0.4 is 48.7 Å². The highest BCUT2D eigenvalue weighted by molar-refractivity contribution is 8.13. The minimum absolute atomic E-state index is 0.00335. The van der Waals surface area contributed by atoms with E-state index < -0.39 is 144 Å². The van der Waals surface area contributed by atoms with E-state index in [2.05, 4.69) is 37.2 Å². The van der Waals surface area contributed by atoms with E-state index in [0.29, 0.717) is 29.3 Å². The molecule has 2 aliphatic heterocycles. The summed E-state index contributed by atoms with van der Waals surface area (Å²) in [6.07, 6.45) is -1.54. The van der Waals surface area contributed by atoms with Crippen LogP contribution in [-0.4, -0.2) is 153 Å². The number of carbonyl (C=O) groups excluding carboxylic acids is 10. The van der Waals surface area contributed by atoms with Crippen molar-refractivity contribution < 1.29 is 58.2 Å². The summed E-state index contributed by atoms with van der Waals surface area (Å²) in [5.41, 5.74) is 12.5. The zero-order valence-corrected chi connectivity index (χ0v) is 38.9. The number of benzene rings is 2. The maximum Gasteiger partial charge on any atom is 0.246 e. The Balaban J connectivity index is 1.64. The average molecular weight is 967 g/mol. The van der Waals surface area contributed by atoms with Crippen molar-refractivity contribution in [2.45, 2.75) is 114 Å². The maximum atomic E-state index is 14.2. The molecule has 0 saturated carbocycles. The normalized spacial score (nSPS) is 23.0. The zero-order chi connectivity index (χ0) is 50.1. The van der Waals surface area contributed by atoms with Gasteiger partial charge in [0, 0.05) is 25.1 Å². The molecule has 0 aliphatic carbocycles. The van der Waals surface area contributed by atoms with Gasteiger partial charge >= 0.3 is 0 Å². The van der Waals surface area contributed by atoms with Crippen LogP contribution in [0.25, 0.3) is 0 Å². The number of aliphatic hydroxyl groups is 2. The fraction of sp³-hybridized carbons (Fsp3) is 0.511. The van der Waals surface area contributed by atoms with E-state index in [1.165, 1.54) is 6.92 Å². The largest absolute Gasteiger partial charge is 0.394 e. The quantitative estimate of drug-likeness (QED) is 0.0730. The highest BCUT2D eigenvalue weighted by atomic mass is 32.2. The molecule has 2 aliphatic rings. The van der Waals surface area contributed by atoms with Gasteiger partial charge in [0.2, 0.25) is 58.3 Å². The summed E-state index contributed by atoms with van der Waals surface area (Å²) >= 11 is 0.583. The summed E-state index contributed by atoms with van der Waals surface area (Å²) < 4.78 is 0. The zero-order valence-electron chi connectivity index (χ0n) is 38.1. The van der Waals surface area contributed by atoms with Crippen molar-refractivity contribution in [1.82, 2.24) is 42.1 Å². The van der Waals surface area contributed by atoms with Crippen LogP contribution in [0.15, 0.2) is 60.7 Å². The van der Waals surface area contributed by atoms with E-state index in [1.807, 2.05) is 0 Å². The van der Waals surface area contributed by atoms with Gasteiger partial charge in [-0.1, -0.05) is 92.7 Å². The molecule has 2 saturated heterocycles. The fourth-order valence-corrected chi connectivity index (χ4v) is 8.39. The lowest BCUT2D eigenvalue weighted by Crippen LogP contribution is -2.61. The molecule has 2 heterocycles. The minimum Gasteiger partial charge on any atom is -0.394 e. The second-order valence-electron chi connectivity index (χ2n) is 16.8. The molecule has 0 unspecified atom stereocenters. The van der Waals surface area contributed by atoms with Crippen molar-refractivity contribution in [2.24, 2.45) is 17.4 Å². The number of nitrogens with one attached hydrogen (secondary N) is 7. The second-order valence-corrected chi connectivity index (χ2v) is 17.8. The van der Waals surface area contributed by atoms with E-state index in [0.717, 1.165) is 4.90 Å². The van der Waals surface area contributed by atoms with Gasteiger partial charge in [-0.3, -0.25) is 47.9 Å². The van der Waals surface area contributed by atoms with Gasteiger partial charge < -0.3 is 63.8 Å².